The summed E-state index contributed by atoms with van der Waals surface area (Å²) in [5.74, 6) is 0.415. The Morgan fingerprint density at radius 1 is 1.20 bits per heavy atom. The molecule has 1 amide bonds. The number of hydrogen-bond donors (Lipinski definition) is 1. The number of amides is 1. The Labute approximate surface area is 204 Å². The second-order valence-electron chi connectivity index (χ2n) is 9.16. The molecule has 9 nitrogen and oxygen atoms in total. The van der Waals surface area contributed by atoms with Crippen molar-refractivity contribution < 1.29 is 18.0 Å². The summed E-state index contributed by atoms with van der Waals surface area (Å²) in [5.41, 5.74) is 5.43. The molecule has 188 valence electrons. The minimum Gasteiger partial charge on any atom is -0.370 e. The lowest BCUT2D eigenvalue weighted by molar-refractivity contribution is -0.147. The molecule has 0 bridgehead atoms. The van der Waals surface area contributed by atoms with Crippen molar-refractivity contribution in [3.63, 3.8) is 0 Å². The summed E-state index contributed by atoms with van der Waals surface area (Å²) in [7, 11) is 0. The van der Waals surface area contributed by atoms with Crippen LogP contribution < -0.4 is 15.5 Å². The van der Waals surface area contributed by atoms with E-state index < -0.39 is 12.0 Å². The molecule has 0 spiro atoms. The van der Waals surface area contributed by atoms with Crippen LogP contribution in [0.25, 0.3) is 10.2 Å². The van der Waals surface area contributed by atoms with Crippen LogP contribution in [0.3, 0.4) is 0 Å². The van der Waals surface area contributed by atoms with E-state index in [1.807, 2.05) is 4.90 Å². The van der Waals surface area contributed by atoms with Gasteiger partial charge < -0.3 is 20.1 Å². The molecule has 0 radical (unpaired) electrons. The fraction of sp³-hybridized carbons (Fsp3) is 0.591. The zero-order valence-corrected chi connectivity index (χ0v) is 20.2. The van der Waals surface area contributed by atoms with E-state index >= 15 is 0 Å². The lowest BCUT2D eigenvalue weighted by Gasteiger charge is -2.34. The first-order valence-electron chi connectivity index (χ1n) is 11.8. The third-order valence-corrected chi connectivity index (χ3v) is 7.59. The number of alkyl halides is 3. The van der Waals surface area contributed by atoms with Crippen molar-refractivity contribution in [2.75, 3.05) is 29.4 Å². The van der Waals surface area contributed by atoms with Gasteiger partial charge in [-0.1, -0.05) is 13.3 Å². The number of fused-ring (bicyclic) bond motifs is 2. The number of rotatable bonds is 6. The SMILES string of the molecule is CCCc1cc2c(N3CCn4c(nnc4C(F)(F)F)C3)nc(N3CCCC(CC(N)=O)C3)nc2s1. The third-order valence-electron chi connectivity index (χ3n) is 6.51. The third kappa shape index (κ3) is 4.78. The predicted molar refractivity (Wildman–Crippen MR) is 126 cm³/mol. The molecule has 2 aliphatic rings. The van der Waals surface area contributed by atoms with Gasteiger partial charge in [0.1, 0.15) is 10.6 Å². The highest BCUT2D eigenvalue weighted by molar-refractivity contribution is 7.18. The summed E-state index contributed by atoms with van der Waals surface area (Å²) >= 11 is 1.62. The molecule has 2 N–H and O–H groups in total. The molecule has 5 heterocycles. The standard InChI is InChI=1S/C22H27F3N8OS/c1-2-4-14-10-15-18(31-7-8-33-17(12-31)29-30-20(33)22(23,24)25)27-21(28-19(15)35-14)32-6-3-5-13(11-32)9-16(26)34/h10,13H,2-9,11-12H2,1H3,(H2,26,34). The maximum Gasteiger partial charge on any atom is 0.451 e. The average Bonchev–Trinajstić information content (AvgIpc) is 3.41. The highest BCUT2D eigenvalue weighted by atomic mass is 32.1. The topological polar surface area (TPSA) is 106 Å². The molecule has 13 heteroatoms. The van der Waals surface area contributed by atoms with Crippen molar-refractivity contribution in [1.82, 2.24) is 24.7 Å². The molecule has 0 aliphatic carbocycles. The van der Waals surface area contributed by atoms with Crippen LogP contribution >= 0.6 is 11.3 Å². The van der Waals surface area contributed by atoms with Gasteiger partial charge in [0.05, 0.1) is 11.9 Å². The van der Waals surface area contributed by atoms with Gasteiger partial charge in [-0.3, -0.25) is 4.79 Å². The Hall–Kier alpha value is -2.96. The Balaban J connectivity index is 1.50. The van der Waals surface area contributed by atoms with E-state index in [0.29, 0.717) is 31.3 Å². The van der Waals surface area contributed by atoms with Crippen LogP contribution in [0.1, 0.15) is 49.1 Å². The van der Waals surface area contributed by atoms with Gasteiger partial charge in [-0.05, 0) is 31.2 Å². The molecule has 1 unspecified atom stereocenters. The number of nitrogens with two attached hydrogens (primary N) is 1. The predicted octanol–water partition coefficient (Wildman–Crippen LogP) is 3.37. The van der Waals surface area contributed by atoms with Gasteiger partial charge in [-0.15, -0.1) is 21.5 Å². The number of carbonyl (C=O) groups excluding carboxylic acids is 1. The fourth-order valence-corrected chi connectivity index (χ4v) is 6.06. The summed E-state index contributed by atoms with van der Waals surface area (Å²) < 4.78 is 41.0. The van der Waals surface area contributed by atoms with Crippen LogP contribution in [-0.2, 0) is 30.5 Å². The smallest absolute Gasteiger partial charge is 0.370 e. The molecule has 3 aromatic rings. The molecule has 1 fully saturated rings. The van der Waals surface area contributed by atoms with Crippen LogP contribution in [0, 0.1) is 5.92 Å². The molecular formula is C22H27F3N8OS. The van der Waals surface area contributed by atoms with Gasteiger partial charge in [0.25, 0.3) is 0 Å². The largest absolute Gasteiger partial charge is 0.451 e. The maximum atomic E-state index is 13.3. The monoisotopic (exact) mass is 508 g/mol. The van der Waals surface area contributed by atoms with E-state index in [0.717, 1.165) is 47.0 Å². The van der Waals surface area contributed by atoms with Gasteiger partial charge in [0.15, 0.2) is 5.82 Å². The van der Waals surface area contributed by atoms with Crippen LogP contribution in [0.15, 0.2) is 6.07 Å². The first-order chi connectivity index (χ1) is 16.7. The van der Waals surface area contributed by atoms with Crippen molar-refractivity contribution in [2.45, 2.75) is 58.3 Å². The van der Waals surface area contributed by atoms with Gasteiger partial charge >= 0.3 is 6.18 Å². The van der Waals surface area contributed by atoms with Crippen molar-refractivity contribution in [3.05, 3.63) is 22.6 Å². The van der Waals surface area contributed by atoms with E-state index in [9.17, 15) is 18.0 Å². The van der Waals surface area contributed by atoms with Crippen LogP contribution in [0.4, 0.5) is 24.9 Å². The number of hydrogen-bond acceptors (Lipinski definition) is 8. The molecular weight excluding hydrogens is 481 g/mol. The van der Waals surface area contributed by atoms with Gasteiger partial charge in [0.2, 0.25) is 17.7 Å². The van der Waals surface area contributed by atoms with Gasteiger partial charge in [-0.2, -0.15) is 18.2 Å². The minimum absolute atomic E-state index is 0.119. The summed E-state index contributed by atoms with van der Waals surface area (Å²) in [6.07, 6.45) is -0.458. The van der Waals surface area contributed by atoms with Crippen LogP contribution in [-0.4, -0.2) is 50.3 Å². The van der Waals surface area contributed by atoms with E-state index in [1.54, 1.807) is 11.3 Å². The molecule has 1 saturated heterocycles. The van der Waals surface area contributed by atoms with E-state index in [-0.39, 0.29) is 30.7 Å². The molecule has 3 aromatic heterocycles. The number of primary amides is 1. The highest BCUT2D eigenvalue weighted by Gasteiger charge is 2.40. The lowest BCUT2D eigenvalue weighted by atomic mass is 9.95. The maximum absolute atomic E-state index is 13.3. The molecule has 2 aliphatic heterocycles. The van der Waals surface area contributed by atoms with Crippen molar-refractivity contribution >= 4 is 39.2 Å². The van der Waals surface area contributed by atoms with Gasteiger partial charge in [-0.25, -0.2) is 4.98 Å². The van der Waals surface area contributed by atoms with Crippen LogP contribution in [0.5, 0.6) is 0 Å². The fourth-order valence-electron chi connectivity index (χ4n) is 4.94. The first-order valence-corrected chi connectivity index (χ1v) is 12.6. The number of carbonyl (C=O) groups is 1. The summed E-state index contributed by atoms with van der Waals surface area (Å²) in [6, 6.07) is 2.09. The second-order valence-corrected chi connectivity index (χ2v) is 10.3. The minimum atomic E-state index is -4.54. The highest BCUT2D eigenvalue weighted by Crippen LogP contribution is 2.36. The number of anilines is 2. The van der Waals surface area contributed by atoms with E-state index in [4.69, 9.17) is 15.7 Å². The van der Waals surface area contributed by atoms with Crippen LogP contribution in [0.2, 0.25) is 0 Å². The number of halogens is 3. The number of piperidine rings is 1. The zero-order chi connectivity index (χ0) is 24.7. The molecule has 1 atom stereocenters. The van der Waals surface area contributed by atoms with E-state index in [1.165, 1.54) is 4.88 Å². The van der Waals surface area contributed by atoms with Crippen molar-refractivity contribution in [2.24, 2.45) is 11.7 Å². The zero-order valence-electron chi connectivity index (χ0n) is 19.4. The number of thiophene rings is 1. The number of nitrogens with zero attached hydrogens (tertiary/aromatic N) is 7. The normalized spacial score (nSPS) is 18.8. The average molecular weight is 509 g/mol. The van der Waals surface area contributed by atoms with Crippen molar-refractivity contribution in [1.29, 1.82) is 0 Å². The lowest BCUT2D eigenvalue weighted by Crippen LogP contribution is -2.39. The number of aromatic nitrogens is 5. The Morgan fingerprint density at radius 3 is 2.77 bits per heavy atom. The Bertz CT molecular complexity index is 1240. The Kier molecular flexibility index (Phi) is 6.28. The number of aryl methyl sites for hydroxylation is 1. The molecule has 5 rings (SSSR count). The quantitative estimate of drug-likeness (QED) is 0.544. The molecule has 0 saturated carbocycles. The first kappa shape index (κ1) is 23.8. The summed E-state index contributed by atoms with van der Waals surface area (Å²) in [6.45, 7) is 4.18. The molecule has 35 heavy (non-hydrogen) atoms. The second kappa shape index (κ2) is 9.25. The van der Waals surface area contributed by atoms with E-state index in [2.05, 4.69) is 28.1 Å². The summed E-state index contributed by atoms with van der Waals surface area (Å²) in [4.78, 5) is 27.3. The summed E-state index contributed by atoms with van der Waals surface area (Å²) in [5, 5.41) is 8.12. The Morgan fingerprint density at radius 2 is 2.03 bits per heavy atom. The van der Waals surface area contributed by atoms with Crippen molar-refractivity contribution in [3.8, 4) is 0 Å². The molecule has 0 aromatic carbocycles. The van der Waals surface area contributed by atoms with Gasteiger partial charge in [0, 0.05) is 37.5 Å².